The molecule has 2 aliphatic rings. The molecule has 5 rings (SSSR count). The highest BCUT2D eigenvalue weighted by Crippen LogP contribution is 2.35. The average molecular weight is 504 g/mol. The number of halogens is 2. The van der Waals surface area contributed by atoms with Crippen molar-refractivity contribution >= 4 is 40.6 Å². The Kier molecular flexibility index (Phi) is 6.84. The summed E-state index contributed by atoms with van der Waals surface area (Å²) in [5.74, 6) is 3.62. The van der Waals surface area contributed by atoms with E-state index in [2.05, 4.69) is 32.1 Å². The van der Waals surface area contributed by atoms with Gasteiger partial charge in [0.15, 0.2) is 0 Å². The molecule has 2 aliphatic heterocycles. The fourth-order valence-corrected chi connectivity index (χ4v) is 5.80. The Bertz CT molecular complexity index is 1150. The Hall–Kier alpha value is -2.13. The minimum Gasteiger partial charge on any atom is -0.392 e. The number of nitrogens with zero attached hydrogens (tertiary/aromatic N) is 6. The lowest BCUT2D eigenvalue weighted by molar-refractivity contribution is 0.0725. The van der Waals surface area contributed by atoms with Crippen molar-refractivity contribution in [1.82, 2.24) is 24.5 Å². The van der Waals surface area contributed by atoms with Crippen LogP contribution in [0.1, 0.15) is 38.3 Å². The van der Waals surface area contributed by atoms with Crippen LogP contribution in [0.15, 0.2) is 30.6 Å². The van der Waals surface area contributed by atoms with E-state index >= 15 is 0 Å². The SMILES string of the molecule is C[C@@H](O)CN1CCC[C@H](C2CN(c3cc(N[C@H](C)c4ccc(Cl)cc4Cl)n4ncnc4n3)C2)C1. The summed E-state index contributed by atoms with van der Waals surface area (Å²) in [6.45, 7) is 8.84. The molecule has 3 atom stereocenters. The van der Waals surface area contributed by atoms with Gasteiger partial charge in [0, 0.05) is 42.3 Å². The minimum absolute atomic E-state index is 0.0568. The molecule has 3 aromatic rings. The van der Waals surface area contributed by atoms with Crippen LogP contribution < -0.4 is 10.2 Å². The summed E-state index contributed by atoms with van der Waals surface area (Å²) < 4.78 is 1.72. The number of benzene rings is 1. The molecule has 34 heavy (non-hydrogen) atoms. The molecule has 0 saturated carbocycles. The van der Waals surface area contributed by atoms with E-state index in [1.807, 2.05) is 25.1 Å². The van der Waals surface area contributed by atoms with E-state index < -0.39 is 0 Å². The van der Waals surface area contributed by atoms with Gasteiger partial charge >= 0.3 is 0 Å². The molecule has 0 radical (unpaired) electrons. The van der Waals surface area contributed by atoms with Crippen molar-refractivity contribution in [1.29, 1.82) is 0 Å². The summed E-state index contributed by atoms with van der Waals surface area (Å²) in [4.78, 5) is 13.8. The van der Waals surface area contributed by atoms with Gasteiger partial charge in [0.25, 0.3) is 5.78 Å². The second kappa shape index (κ2) is 9.85. The van der Waals surface area contributed by atoms with E-state index in [9.17, 15) is 5.11 Å². The normalized spacial score (nSPS) is 21.4. The van der Waals surface area contributed by atoms with Crippen molar-refractivity contribution in [2.45, 2.75) is 38.8 Å². The number of piperidine rings is 1. The Morgan fingerprint density at radius 2 is 1.97 bits per heavy atom. The third-order valence-electron chi connectivity index (χ3n) is 7.00. The van der Waals surface area contributed by atoms with Crippen molar-refractivity contribution in [2.75, 3.05) is 42.9 Å². The zero-order chi connectivity index (χ0) is 23.8. The molecule has 2 saturated heterocycles. The number of nitrogens with one attached hydrogen (secondary N) is 1. The molecule has 8 nitrogen and oxygen atoms in total. The lowest BCUT2D eigenvalue weighted by Crippen LogP contribution is -2.54. The molecule has 4 heterocycles. The number of aliphatic hydroxyl groups is 1. The van der Waals surface area contributed by atoms with E-state index in [0.29, 0.717) is 27.7 Å². The van der Waals surface area contributed by atoms with E-state index in [4.69, 9.17) is 28.2 Å². The van der Waals surface area contributed by atoms with Crippen LogP contribution in [0.3, 0.4) is 0 Å². The van der Waals surface area contributed by atoms with Gasteiger partial charge in [0.05, 0.1) is 12.1 Å². The largest absolute Gasteiger partial charge is 0.392 e. The highest BCUT2D eigenvalue weighted by molar-refractivity contribution is 6.35. The molecule has 0 unspecified atom stereocenters. The van der Waals surface area contributed by atoms with Crippen LogP contribution in [-0.2, 0) is 0 Å². The summed E-state index contributed by atoms with van der Waals surface area (Å²) in [6, 6.07) is 7.52. The molecule has 0 spiro atoms. The zero-order valence-electron chi connectivity index (χ0n) is 19.5. The number of aliphatic hydroxyl groups excluding tert-OH is 1. The molecular weight excluding hydrogens is 473 g/mol. The third-order valence-corrected chi connectivity index (χ3v) is 7.56. The Morgan fingerprint density at radius 3 is 2.74 bits per heavy atom. The third kappa shape index (κ3) is 4.96. The standard InChI is InChI=1S/C24H31Cl2N7O/c1-15(34)10-31-7-3-4-17(11-31)18-12-32(13-18)22-9-23(33-24(30-22)27-14-28-33)29-16(2)20-6-5-19(25)8-21(20)26/h5-6,8-9,14-18,29,34H,3-4,7,10-13H2,1-2H3/t15-,16-,17+/m1/s1. The maximum absolute atomic E-state index is 9.76. The van der Waals surface area contributed by atoms with Gasteiger partial charge in [-0.2, -0.15) is 19.6 Å². The molecule has 182 valence electrons. The van der Waals surface area contributed by atoms with Gasteiger partial charge in [0.1, 0.15) is 18.0 Å². The minimum atomic E-state index is -0.271. The van der Waals surface area contributed by atoms with Crippen LogP contribution in [0.2, 0.25) is 10.0 Å². The summed E-state index contributed by atoms with van der Waals surface area (Å²) in [7, 11) is 0. The lowest BCUT2D eigenvalue weighted by atomic mass is 9.80. The van der Waals surface area contributed by atoms with Crippen LogP contribution in [0.4, 0.5) is 11.6 Å². The topological polar surface area (TPSA) is 81.8 Å². The van der Waals surface area contributed by atoms with Crippen molar-refractivity contribution in [3.63, 3.8) is 0 Å². The second-order valence-corrected chi connectivity index (χ2v) is 10.5. The van der Waals surface area contributed by atoms with E-state index in [-0.39, 0.29) is 12.1 Å². The summed E-state index contributed by atoms with van der Waals surface area (Å²) in [5.41, 5.74) is 0.959. The van der Waals surface area contributed by atoms with Gasteiger partial charge in [-0.1, -0.05) is 29.3 Å². The van der Waals surface area contributed by atoms with Crippen molar-refractivity contribution in [3.05, 3.63) is 46.2 Å². The molecule has 0 amide bonds. The van der Waals surface area contributed by atoms with Crippen LogP contribution in [0.25, 0.3) is 5.78 Å². The summed E-state index contributed by atoms with van der Waals surface area (Å²) >= 11 is 12.5. The van der Waals surface area contributed by atoms with Gasteiger partial charge in [-0.25, -0.2) is 0 Å². The number of anilines is 2. The summed E-state index contributed by atoms with van der Waals surface area (Å²) in [6.07, 6.45) is 3.72. The van der Waals surface area contributed by atoms with Crippen LogP contribution in [0, 0.1) is 11.8 Å². The van der Waals surface area contributed by atoms with Gasteiger partial charge in [-0.15, -0.1) is 0 Å². The number of β-amino-alcohol motifs (C(OH)–C–C–N with tert-alkyl or cyclic N) is 1. The first-order valence-corrected chi connectivity index (χ1v) is 12.7. The van der Waals surface area contributed by atoms with Gasteiger partial charge in [-0.05, 0) is 62.8 Å². The van der Waals surface area contributed by atoms with E-state index in [1.165, 1.54) is 19.2 Å². The first-order chi connectivity index (χ1) is 16.4. The Morgan fingerprint density at radius 1 is 1.15 bits per heavy atom. The van der Waals surface area contributed by atoms with Gasteiger partial charge in [0.2, 0.25) is 0 Å². The predicted octanol–water partition coefficient (Wildman–Crippen LogP) is 4.13. The quantitative estimate of drug-likeness (QED) is 0.501. The highest BCUT2D eigenvalue weighted by atomic mass is 35.5. The average Bonchev–Trinajstić information content (AvgIpc) is 3.21. The van der Waals surface area contributed by atoms with E-state index in [0.717, 1.165) is 49.9 Å². The second-order valence-electron chi connectivity index (χ2n) is 9.68. The monoisotopic (exact) mass is 503 g/mol. The van der Waals surface area contributed by atoms with Crippen LogP contribution in [-0.4, -0.2) is 68.4 Å². The maximum Gasteiger partial charge on any atom is 0.256 e. The molecule has 2 aromatic heterocycles. The van der Waals surface area contributed by atoms with Crippen molar-refractivity contribution in [3.8, 4) is 0 Å². The molecular formula is C24H31Cl2N7O. The predicted molar refractivity (Wildman–Crippen MR) is 136 cm³/mol. The fraction of sp³-hybridized carbons (Fsp3) is 0.542. The number of likely N-dealkylation sites (tertiary alicyclic amines) is 1. The lowest BCUT2D eigenvalue weighted by Gasteiger charge is -2.47. The van der Waals surface area contributed by atoms with Gasteiger partial charge in [-0.3, -0.25) is 0 Å². The molecule has 2 fully saturated rings. The van der Waals surface area contributed by atoms with Crippen LogP contribution in [0.5, 0.6) is 0 Å². The number of hydrogen-bond acceptors (Lipinski definition) is 7. The van der Waals surface area contributed by atoms with Crippen molar-refractivity contribution < 1.29 is 5.11 Å². The number of aromatic nitrogens is 4. The van der Waals surface area contributed by atoms with Crippen molar-refractivity contribution in [2.24, 2.45) is 11.8 Å². The Labute approximate surface area is 209 Å². The Balaban J connectivity index is 1.29. The first kappa shape index (κ1) is 23.6. The molecule has 0 bridgehead atoms. The molecule has 2 N–H and O–H groups in total. The smallest absolute Gasteiger partial charge is 0.256 e. The number of rotatable bonds is 7. The zero-order valence-corrected chi connectivity index (χ0v) is 21.0. The number of hydrogen-bond donors (Lipinski definition) is 2. The molecule has 10 heteroatoms. The summed E-state index contributed by atoms with van der Waals surface area (Å²) in [5, 5.41) is 18.9. The van der Waals surface area contributed by atoms with Gasteiger partial charge < -0.3 is 20.2 Å². The maximum atomic E-state index is 9.76. The number of fused-ring (bicyclic) bond motifs is 1. The fourth-order valence-electron chi connectivity index (χ4n) is 5.23. The van der Waals surface area contributed by atoms with Crippen LogP contribution >= 0.6 is 23.2 Å². The molecule has 0 aliphatic carbocycles. The first-order valence-electron chi connectivity index (χ1n) is 11.9. The van der Waals surface area contributed by atoms with E-state index in [1.54, 1.807) is 10.6 Å². The molecule has 1 aromatic carbocycles. The highest BCUT2D eigenvalue weighted by Gasteiger charge is 2.36.